The van der Waals surface area contributed by atoms with Gasteiger partial charge in [-0.15, -0.1) is 0 Å². The first-order valence-corrected chi connectivity index (χ1v) is 4.25. The largest absolute Gasteiger partial charge is 0.481 e. The molecule has 0 aromatic rings. The van der Waals surface area contributed by atoms with Crippen molar-refractivity contribution in [3.8, 4) is 0 Å². The average molecular weight is 186 g/mol. The summed E-state index contributed by atoms with van der Waals surface area (Å²) in [4.78, 5) is 21.3. The van der Waals surface area contributed by atoms with Gasteiger partial charge in [-0.3, -0.25) is 9.59 Å². The molecule has 0 heterocycles. The molecule has 0 spiro atoms. The fourth-order valence-corrected chi connectivity index (χ4v) is 1.70. The molecule has 74 valence electrons. The van der Waals surface area contributed by atoms with E-state index in [1.807, 2.05) is 13.8 Å². The fraction of sp³-hybridized carbons (Fsp3) is 0.778. The molecule has 1 N–H and O–H groups in total. The van der Waals surface area contributed by atoms with E-state index in [0.717, 1.165) is 0 Å². The second-order valence-electron chi connectivity index (χ2n) is 4.05. The second kappa shape index (κ2) is 3.01. The van der Waals surface area contributed by atoms with E-state index in [9.17, 15) is 9.59 Å². The molecular weight excluding hydrogens is 172 g/mol. The van der Waals surface area contributed by atoms with Gasteiger partial charge >= 0.3 is 11.9 Å². The van der Waals surface area contributed by atoms with Crippen molar-refractivity contribution in [1.29, 1.82) is 0 Å². The molecule has 13 heavy (non-hydrogen) atoms. The van der Waals surface area contributed by atoms with Crippen molar-refractivity contribution in [1.82, 2.24) is 0 Å². The van der Waals surface area contributed by atoms with Gasteiger partial charge in [-0.05, 0) is 6.42 Å². The van der Waals surface area contributed by atoms with Gasteiger partial charge in [-0.25, -0.2) is 0 Å². The normalized spacial score (nSPS) is 30.4. The van der Waals surface area contributed by atoms with E-state index in [1.165, 1.54) is 6.92 Å². The van der Waals surface area contributed by atoms with Gasteiger partial charge in [-0.2, -0.15) is 0 Å². The summed E-state index contributed by atoms with van der Waals surface area (Å²) in [5.74, 6) is -1.55. The van der Waals surface area contributed by atoms with Crippen molar-refractivity contribution >= 4 is 11.9 Å². The number of carboxylic acid groups (broad SMARTS) is 1. The molecule has 1 saturated carbocycles. The molecule has 1 rings (SSSR count). The lowest BCUT2D eigenvalue weighted by Gasteiger charge is -2.48. The molecule has 1 aliphatic rings. The molecule has 4 nitrogen and oxygen atoms in total. The van der Waals surface area contributed by atoms with Gasteiger partial charge in [0.2, 0.25) is 0 Å². The summed E-state index contributed by atoms with van der Waals surface area (Å²) < 4.78 is 4.98. The van der Waals surface area contributed by atoms with Gasteiger partial charge in [0.05, 0.1) is 5.92 Å². The van der Waals surface area contributed by atoms with E-state index < -0.39 is 17.3 Å². The van der Waals surface area contributed by atoms with Crippen LogP contribution in [0, 0.1) is 11.3 Å². The van der Waals surface area contributed by atoms with E-state index in [1.54, 1.807) is 0 Å². The number of carbonyl (C=O) groups excluding carboxylic acids is 1. The molecule has 0 aromatic heterocycles. The summed E-state index contributed by atoms with van der Waals surface area (Å²) >= 11 is 0. The smallest absolute Gasteiger partial charge is 0.307 e. The average Bonchev–Trinajstić information content (AvgIpc) is 1.96. The van der Waals surface area contributed by atoms with Crippen LogP contribution in [0.5, 0.6) is 0 Å². The fourth-order valence-electron chi connectivity index (χ4n) is 1.70. The van der Waals surface area contributed by atoms with E-state index in [4.69, 9.17) is 9.84 Å². The first-order valence-electron chi connectivity index (χ1n) is 4.25. The van der Waals surface area contributed by atoms with E-state index >= 15 is 0 Å². The van der Waals surface area contributed by atoms with Crippen LogP contribution in [0.15, 0.2) is 0 Å². The quantitative estimate of drug-likeness (QED) is 0.654. The minimum absolute atomic E-state index is 0.244. The monoisotopic (exact) mass is 186 g/mol. The Kier molecular flexibility index (Phi) is 2.32. The van der Waals surface area contributed by atoms with Gasteiger partial charge in [-0.1, -0.05) is 13.8 Å². The highest BCUT2D eigenvalue weighted by atomic mass is 16.5. The number of aliphatic carboxylic acids is 1. The Balaban J connectivity index is 2.59. The minimum Gasteiger partial charge on any atom is -0.481 e. The van der Waals surface area contributed by atoms with Crippen molar-refractivity contribution < 1.29 is 19.4 Å². The Morgan fingerprint density at radius 2 is 2.00 bits per heavy atom. The second-order valence-corrected chi connectivity index (χ2v) is 4.05. The molecule has 2 atom stereocenters. The Bertz CT molecular complexity index is 244. The van der Waals surface area contributed by atoms with Gasteiger partial charge in [0, 0.05) is 12.3 Å². The van der Waals surface area contributed by atoms with Crippen LogP contribution in [-0.2, 0) is 14.3 Å². The molecule has 0 bridgehead atoms. The van der Waals surface area contributed by atoms with E-state index in [2.05, 4.69) is 0 Å². The highest BCUT2D eigenvalue weighted by Crippen LogP contribution is 2.48. The van der Waals surface area contributed by atoms with Crippen LogP contribution in [0.2, 0.25) is 0 Å². The van der Waals surface area contributed by atoms with Crippen LogP contribution in [0.3, 0.4) is 0 Å². The summed E-state index contributed by atoms with van der Waals surface area (Å²) in [6, 6.07) is 0. The zero-order valence-corrected chi connectivity index (χ0v) is 8.03. The first-order chi connectivity index (χ1) is 5.85. The standard InChI is InChI=1S/C9H14O4/c1-5(10)13-7-4-6(8(11)12)9(7,2)3/h6-7H,4H2,1-3H3,(H,11,12). The summed E-state index contributed by atoms with van der Waals surface area (Å²) in [7, 11) is 0. The lowest BCUT2D eigenvalue weighted by Crippen LogP contribution is -2.54. The van der Waals surface area contributed by atoms with Gasteiger partial charge in [0.15, 0.2) is 0 Å². The maximum absolute atomic E-state index is 10.7. The predicted molar refractivity (Wildman–Crippen MR) is 45.1 cm³/mol. The van der Waals surface area contributed by atoms with Crippen LogP contribution in [0.4, 0.5) is 0 Å². The zero-order valence-electron chi connectivity index (χ0n) is 8.03. The number of hydrogen-bond donors (Lipinski definition) is 1. The van der Waals surface area contributed by atoms with Crippen LogP contribution in [-0.4, -0.2) is 23.1 Å². The molecule has 1 fully saturated rings. The minimum atomic E-state index is -0.812. The number of ether oxygens (including phenoxy) is 1. The molecule has 2 unspecified atom stereocenters. The van der Waals surface area contributed by atoms with Gasteiger partial charge in [0.1, 0.15) is 6.10 Å². The van der Waals surface area contributed by atoms with Crippen molar-refractivity contribution in [2.24, 2.45) is 11.3 Å². The maximum Gasteiger partial charge on any atom is 0.307 e. The number of rotatable bonds is 2. The molecule has 0 saturated heterocycles. The third-order valence-corrected chi connectivity index (χ3v) is 2.78. The van der Waals surface area contributed by atoms with Gasteiger partial charge < -0.3 is 9.84 Å². The topological polar surface area (TPSA) is 63.6 Å². The SMILES string of the molecule is CC(=O)OC1CC(C(=O)O)C1(C)C. The molecule has 0 aliphatic heterocycles. The molecule has 4 heteroatoms. The first kappa shape index (κ1) is 10.0. The molecule has 1 aliphatic carbocycles. The van der Waals surface area contributed by atoms with Crippen molar-refractivity contribution in [2.75, 3.05) is 0 Å². The van der Waals surface area contributed by atoms with Crippen LogP contribution in [0.1, 0.15) is 27.2 Å². The summed E-state index contributed by atoms with van der Waals surface area (Å²) in [5, 5.41) is 8.78. The van der Waals surface area contributed by atoms with Crippen molar-refractivity contribution in [3.63, 3.8) is 0 Å². The lowest BCUT2D eigenvalue weighted by atomic mass is 9.60. The predicted octanol–water partition coefficient (Wildman–Crippen LogP) is 1.05. The van der Waals surface area contributed by atoms with Crippen molar-refractivity contribution in [3.05, 3.63) is 0 Å². The van der Waals surface area contributed by atoms with Crippen LogP contribution >= 0.6 is 0 Å². The molecule has 0 amide bonds. The molecule has 0 radical (unpaired) electrons. The highest BCUT2D eigenvalue weighted by molar-refractivity contribution is 5.73. The Hall–Kier alpha value is -1.06. The number of esters is 1. The molecular formula is C9H14O4. The van der Waals surface area contributed by atoms with Crippen LogP contribution in [0.25, 0.3) is 0 Å². The third-order valence-electron chi connectivity index (χ3n) is 2.78. The highest BCUT2D eigenvalue weighted by Gasteiger charge is 2.54. The number of carboxylic acids is 1. The number of hydrogen-bond acceptors (Lipinski definition) is 3. The lowest BCUT2D eigenvalue weighted by molar-refractivity contribution is -0.187. The number of carbonyl (C=O) groups is 2. The maximum atomic E-state index is 10.7. The Morgan fingerprint density at radius 3 is 2.31 bits per heavy atom. The summed E-state index contributed by atoms with van der Waals surface area (Å²) in [6.45, 7) is 4.95. The van der Waals surface area contributed by atoms with E-state index in [0.29, 0.717) is 6.42 Å². The van der Waals surface area contributed by atoms with E-state index in [-0.39, 0.29) is 12.1 Å². The Labute approximate surface area is 76.9 Å². The Morgan fingerprint density at radius 1 is 1.46 bits per heavy atom. The molecule has 0 aromatic carbocycles. The van der Waals surface area contributed by atoms with Gasteiger partial charge in [0.25, 0.3) is 0 Å². The summed E-state index contributed by atoms with van der Waals surface area (Å²) in [6.07, 6.45) is 0.188. The summed E-state index contributed by atoms with van der Waals surface area (Å²) in [5.41, 5.74) is -0.433. The van der Waals surface area contributed by atoms with Crippen LogP contribution < -0.4 is 0 Å². The van der Waals surface area contributed by atoms with Crippen molar-refractivity contribution in [2.45, 2.75) is 33.3 Å². The third kappa shape index (κ3) is 1.66. The zero-order chi connectivity index (χ0) is 10.2.